The summed E-state index contributed by atoms with van der Waals surface area (Å²) in [6.07, 6.45) is 0.551. The summed E-state index contributed by atoms with van der Waals surface area (Å²) in [4.78, 5) is 53.1. The maximum atomic E-state index is 12.0. The number of amides is 1. The molecule has 2 aromatic rings. The van der Waals surface area contributed by atoms with Gasteiger partial charge >= 0.3 is 24.0 Å². The van der Waals surface area contributed by atoms with Crippen LogP contribution in [0.15, 0.2) is 30.6 Å². The number of hydrogen-bond acceptors (Lipinski definition) is 15. The monoisotopic (exact) mass is 649 g/mol. The molecule has 0 unspecified atom stereocenters. The Morgan fingerprint density at radius 2 is 1.15 bits per heavy atom. The molecule has 4 N–H and O–H groups in total. The maximum absolute atomic E-state index is 12.0. The fourth-order valence-corrected chi connectivity index (χ4v) is 4.43. The standard InChI is InChI=1S/C27H39N9O10/c37-23(38)14-33-5-7-34(15-24(39)40)9-11-36(12-10-35(8-6-33)16-25(41)42)18-44-19-45-20-46-27(43)28-13-21-1-3-22(4-2-21)26-31-29-17-30-32-26/h1-4,17H,5-16,18-20H2,(H,28,43)(H,37,38)(H,39,40)(H,41,42). The molecule has 19 nitrogen and oxygen atoms in total. The number of hydrogen-bond donors (Lipinski definition) is 4. The molecule has 0 spiro atoms. The van der Waals surface area contributed by atoms with Crippen molar-refractivity contribution in [1.82, 2.24) is 45.3 Å². The van der Waals surface area contributed by atoms with Gasteiger partial charge in [0.25, 0.3) is 0 Å². The lowest BCUT2D eigenvalue weighted by molar-refractivity contribution is -0.141. The molecule has 3 rings (SSSR count). The van der Waals surface area contributed by atoms with Crippen LogP contribution in [0, 0.1) is 0 Å². The van der Waals surface area contributed by atoms with E-state index in [0.717, 1.165) is 11.1 Å². The molecule has 0 aliphatic carbocycles. The van der Waals surface area contributed by atoms with Crippen LogP contribution in [0.1, 0.15) is 5.56 Å². The summed E-state index contributed by atoms with van der Waals surface area (Å²) in [7, 11) is 0. The van der Waals surface area contributed by atoms with Gasteiger partial charge in [-0.2, -0.15) is 0 Å². The minimum atomic E-state index is -1.02. The van der Waals surface area contributed by atoms with Crippen LogP contribution in [-0.2, 0) is 35.1 Å². The normalized spacial score (nSPS) is 16.2. The molecule has 0 saturated carbocycles. The Morgan fingerprint density at radius 1 is 0.674 bits per heavy atom. The second-order valence-electron chi connectivity index (χ2n) is 10.3. The van der Waals surface area contributed by atoms with Gasteiger partial charge in [0.05, 0.1) is 19.6 Å². The van der Waals surface area contributed by atoms with Crippen molar-refractivity contribution in [3.63, 3.8) is 0 Å². The van der Waals surface area contributed by atoms with Crippen LogP contribution in [0.3, 0.4) is 0 Å². The van der Waals surface area contributed by atoms with Crippen LogP contribution >= 0.6 is 0 Å². The lowest BCUT2D eigenvalue weighted by Gasteiger charge is -2.32. The highest BCUT2D eigenvalue weighted by Crippen LogP contribution is 2.13. The lowest BCUT2D eigenvalue weighted by atomic mass is 10.1. The molecule has 1 aromatic heterocycles. The number of nitrogens with zero attached hydrogens (tertiary/aromatic N) is 8. The number of carbonyl (C=O) groups is 4. The highest BCUT2D eigenvalue weighted by atomic mass is 16.7. The quantitative estimate of drug-likeness (QED) is 0.127. The third kappa shape index (κ3) is 14.6. The molecule has 0 radical (unpaired) electrons. The summed E-state index contributed by atoms with van der Waals surface area (Å²) in [6, 6.07) is 7.15. The van der Waals surface area contributed by atoms with Gasteiger partial charge in [-0.1, -0.05) is 24.3 Å². The first-order valence-corrected chi connectivity index (χ1v) is 14.4. The number of aliphatic carboxylic acids is 3. The van der Waals surface area contributed by atoms with Gasteiger partial charge in [-0.15, -0.1) is 20.4 Å². The molecular weight excluding hydrogens is 610 g/mol. The maximum Gasteiger partial charge on any atom is 0.409 e. The largest absolute Gasteiger partial charge is 0.480 e. The number of alkyl carbamates (subject to hydrolysis) is 1. The van der Waals surface area contributed by atoms with Gasteiger partial charge in [0.2, 0.25) is 5.82 Å². The molecule has 1 saturated heterocycles. The van der Waals surface area contributed by atoms with Gasteiger partial charge in [0, 0.05) is 64.5 Å². The Balaban J connectivity index is 1.41. The molecule has 46 heavy (non-hydrogen) atoms. The first kappa shape index (κ1) is 36.1. The average molecular weight is 650 g/mol. The van der Waals surface area contributed by atoms with Crippen molar-refractivity contribution in [2.24, 2.45) is 0 Å². The Hall–Kier alpha value is -4.40. The summed E-state index contributed by atoms with van der Waals surface area (Å²) >= 11 is 0. The highest BCUT2D eigenvalue weighted by Gasteiger charge is 2.20. The zero-order valence-corrected chi connectivity index (χ0v) is 25.3. The van der Waals surface area contributed by atoms with Crippen LogP contribution in [0.25, 0.3) is 11.4 Å². The topological polar surface area (TPSA) is 233 Å². The van der Waals surface area contributed by atoms with Crippen LogP contribution < -0.4 is 5.32 Å². The van der Waals surface area contributed by atoms with Gasteiger partial charge < -0.3 is 34.8 Å². The van der Waals surface area contributed by atoms with Crippen molar-refractivity contribution in [1.29, 1.82) is 0 Å². The van der Waals surface area contributed by atoms with E-state index in [-0.39, 0.29) is 46.5 Å². The third-order valence-electron chi connectivity index (χ3n) is 6.78. The van der Waals surface area contributed by atoms with E-state index in [2.05, 4.69) is 25.7 Å². The van der Waals surface area contributed by atoms with E-state index in [0.29, 0.717) is 58.2 Å². The number of benzene rings is 1. The smallest absolute Gasteiger partial charge is 0.409 e. The number of aromatic nitrogens is 4. The summed E-state index contributed by atoms with van der Waals surface area (Å²) in [6.45, 7) is 1.86. The van der Waals surface area contributed by atoms with Crippen LogP contribution in [0.5, 0.6) is 0 Å². The zero-order valence-electron chi connectivity index (χ0n) is 25.3. The fraction of sp³-hybridized carbons (Fsp3) is 0.556. The molecule has 1 fully saturated rings. The molecule has 2 heterocycles. The van der Waals surface area contributed by atoms with Gasteiger partial charge in [-0.05, 0) is 5.56 Å². The summed E-state index contributed by atoms with van der Waals surface area (Å²) in [5.41, 5.74) is 1.54. The molecule has 0 bridgehead atoms. The average Bonchev–Trinajstić information content (AvgIpc) is 3.02. The minimum absolute atomic E-state index is 0.0926. The zero-order chi connectivity index (χ0) is 33.1. The van der Waals surface area contributed by atoms with Crippen molar-refractivity contribution >= 4 is 24.0 Å². The lowest BCUT2D eigenvalue weighted by Crippen LogP contribution is -2.48. The molecule has 1 aliphatic heterocycles. The SMILES string of the molecule is O=C(O)CN1CCN(COCOCOC(=O)NCc2ccc(-c3nncnn3)cc2)CCN(CC(=O)O)CCN(CC(=O)O)CC1. The third-order valence-corrected chi connectivity index (χ3v) is 6.78. The van der Waals surface area contributed by atoms with Gasteiger partial charge in [0.15, 0.2) is 19.9 Å². The van der Waals surface area contributed by atoms with Crippen molar-refractivity contribution in [3.05, 3.63) is 36.2 Å². The van der Waals surface area contributed by atoms with Crippen LogP contribution in [0.4, 0.5) is 4.79 Å². The van der Waals surface area contributed by atoms with Crippen molar-refractivity contribution in [2.75, 3.05) is 92.3 Å². The highest BCUT2D eigenvalue weighted by molar-refractivity contribution is 5.70. The van der Waals surface area contributed by atoms with Gasteiger partial charge in [-0.25, -0.2) is 4.79 Å². The van der Waals surface area contributed by atoms with Crippen molar-refractivity contribution < 1.29 is 48.7 Å². The van der Waals surface area contributed by atoms with E-state index in [1.54, 1.807) is 39.0 Å². The molecule has 19 heteroatoms. The second kappa shape index (κ2) is 19.9. The molecular formula is C27H39N9O10. The number of nitrogens with one attached hydrogen (secondary N) is 1. The fourth-order valence-electron chi connectivity index (χ4n) is 4.43. The van der Waals surface area contributed by atoms with Gasteiger partial charge in [-0.3, -0.25) is 34.0 Å². The van der Waals surface area contributed by atoms with E-state index < -0.39 is 24.0 Å². The number of carboxylic acid groups (broad SMARTS) is 3. The van der Waals surface area contributed by atoms with Crippen LogP contribution in [-0.4, -0.2) is 172 Å². The van der Waals surface area contributed by atoms with E-state index in [1.807, 2.05) is 4.90 Å². The first-order valence-electron chi connectivity index (χ1n) is 14.4. The first-order chi connectivity index (χ1) is 22.2. The van der Waals surface area contributed by atoms with E-state index in [4.69, 9.17) is 14.2 Å². The molecule has 0 atom stereocenters. The molecule has 1 aliphatic rings. The number of carbonyl (C=O) groups excluding carboxylic acids is 1. The van der Waals surface area contributed by atoms with Crippen molar-refractivity contribution in [3.8, 4) is 11.4 Å². The summed E-state index contributed by atoms with van der Waals surface area (Å²) < 4.78 is 15.8. The summed E-state index contributed by atoms with van der Waals surface area (Å²) in [5, 5.41) is 45.7. The predicted octanol–water partition coefficient (Wildman–Crippen LogP) is -1.46. The van der Waals surface area contributed by atoms with Crippen LogP contribution in [0.2, 0.25) is 0 Å². The molecule has 1 aromatic carbocycles. The van der Waals surface area contributed by atoms with E-state index in [9.17, 15) is 34.5 Å². The predicted molar refractivity (Wildman–Crippen MR) is 157 cm³/mol. The molecule has 1 amide bonds. The molecule has 252 valence electrons. The Bertz CT molecular complexity index is 1210. The Morgan fingerprint density at radius 3 is 1.63 bits per heavy atom. The minimum Gasteiger partial charge on any atom is -0.480 e. The summed E-state index contributed by atoms with van der Waals surface area (Å²) in [5.74, 6) is -2.64. The number of rotatable bonds is 15. The van der Waals surface area contributed by atoms with E-state index in [1.165, 1.54) is 6.33 Å². The Labute approximate surface area is 264 Å². The Kier molecular flexibility index (Phi) is 15.6. The second-order valence-corrected chi connectivity index (χ2v) is 10.3. The number of carboxylic acids is 3. The van der Waals surface area contributed by atoms with Gasteiger partial charge in [0.1, 0.15) is 6.73 Å². The van der Waals surface area contributed by atoms with E-state index >= 15 is 0 Å². The van der Waals surface area contributed by atoms with Crippen molar-refractivity contribution in [2.45, 2.75) is 6.54 Å². The number of ether oxygens (including phenoxy) is 3.